The van der Waals surface area contributed by atoms with E-state index in [0.717, 1.165) is 0 Å². The minimum absolute atomic E-state index is 0.0583. The summed E-state index contributed by atoms with van der Waals surface area (Å²) in [5.74, 6) is -1.97. The average Bonchev–Trinajstić information content (AvgIpc) is 2.24. The number of carboxylic acids is 1. The Morgan fingerprint density at radius 2 is 2.00 bits per heavy atom. The molecule has 0 aromatic rings. The molecule has 104 valence electrons. The number of nitrogens with one attached hydrogen (secondary N) is 2. The first-order valence-electron chi connectivity index (χ1n) is 5.16. The number of aliphatic carboxylic acids is 1. The Bertz CT molecular complexity index is 307. The lowest BCUT2D eigenvalue weighted by Gasteiger charge is -2.17. The lowest BCUT2D eigenvalue weighted by molar-refractivity contribution is -0.141. The molecule has 0 fully saturated rings. The van der Waals surface area contributed by atoms with Crippen LogP contribution in [0.3, 0.4) is 0 Å². The maximum absolute atomic E-state index is 11.2. The monoisotopic (exact) mass is 263 g/mol. The SMILES string of the molecule is C[C@@H](O)[C@H](NC(=O)NCCOCC(N)=O)C(=O)O. The highest BCUT2D eigenvalue weighted by Gasteiger charge is 2.24. The summed E-state index contributed by atoms with van der Waals surface area (Å²) < 4.78 is 4.76. The summed E-state index contributed by atoms with van der Waals surface area (Å²) in [4.78, 5) is 32.2. The summed E-state index contributed by atoms with van der Waals surface area (Å²) in [5, 5.41) is 22.2. The van der Waals surface area contributed by atoms with Gasteiger partial charge in [-0.2, -0.15) is 0 Å². The van der Waals surface area contributed by atoms with Crippen molar-refractivity contribution < 1.29 is 29.3 Å². The molecule has 0 aliphatic rings. The predicted molar refractivity (Wildman–Crippen MR) is 59.7 cm³/mol. The van der Waals surface area contributed by atoms with Gasteiger partial charge < -0.3 is 31.3 Å². The third-order valence-corrected chi connectivity index (χ3v) is 1.81. The zero-order valence-electron chi connectivity index (χ0n) is 9.88. The van der Waals surface area contributed by atoms with Crippen LogP contribution in [0.1, 0.15) is 6.92 Å². The van der Waals surface area contributed by atoms with Crippen molar-refractivity contribution >= 4 is 17.9 Å². The molecule has 0 unspecified atom stereocenters. The van der Waals surface area contributed by atoms with E-state index < -0.39 is 30.1 Å². The van der Waals surface area contributed by atoms with E-state index in [-0.39, 0.29) is 19.8 Å². The van der Waals surface area contributed by atoms with Crippen LogP contribution < -0.4 is 16.4 Å². The maximum atomic E-state index is 11.2. The van der Waals surface area contributed by atoms with Crippen LogP contribution in [0.4, 0.5) is 4.79 Å². The fourth-order valence-corrected chi connectivity index (χ4v) is 0.990. The molecule has 0 radical (unpaired) electrons. The van der Waals surface area contributed by atoms with E-state index in [0.29, 0.717) is 0 Å². The van der Waals surface area contributed by atoms with Crippen molar-refractivity contribution in [3.8, 4) is 0 Å². The van der Waals surface area contributed by atoms with E-state index in [2.05, 4.69) is 10.6 Å². The van der Waals surface area contributed by atoms with Gasteiger partial charge in [-0.25, -0.2) is 9.59 Å². The second-order valence-electron chi connectivity index (χ2n) is 3.48. The van der Waals surface area contributed by atoms with Gasteiger partial charge in [0, 0.05) is 6.54 Å². The largest absolute Gasteiger partial charge is 0.480 e. The number of rotatable bonds is 8. The normalized spacial score (nSPS) is 13.4. The van der Waals surface area contributed by atoms with Crippen LogP contribution >= 0.6 is 0 Å². The van der Waals surface area contributed by atoms with Crippen LogP contribution in [0.15, 0.2) is 0 Å². The first kappa shape index (κ1) is 16.1. The quantitative estimate of drug-likeness (QED) is 0.308. The first-order chi connectivity index (χ1) is 8.34. The van der Waals surface area contributed by atoms with Crippen LogP contribution in [0.2, 0.25) is 0 Å². The molecule has 0 spiro atoms. The number of carboxylic acid groups (broad SMARTS) is 1. The van der Waals surface area contributed by atoms with Gasteiger partial charge in [0.25, 0.3) is 0 Å². The number of urea groups is 1. The van der Waals surface area contributed by atoms with Gasteiger partial charge in [-0.1, -0.05) is 0 Å². The molecule has 3 amide bonds. The number of carbonyl (C=O) groups excluding carboxylic acids is 2. The van der Waals surface area contributed by atoms with Gasteiger partial charge in [0.2, 0.25) is 5.91 Å². The van der Waals surface area contributed by atoms with Crippen LogP contribution in [0.25, 0.3) is 0 Å². The van der Waals surface area contributed by atoms with Crippen molar-refractivity contribution in [3.05, 3.63) is 0 Å². The topological polar surface area (TPSA) is 151 Å². The fraction of sp³-hybridized carbons (Fsp3) is 0.667. The van der Waals surface area contributed by atoms with Gasteiger partial charge in [0.15, 0.2) is 6.04 Å². The van der Waals surface area contributed by atoms with E-state index >= 15 is 0 Å². The molecule has 6 N–H and O–H groups in total. The minimum Gasteiger partial charge on any atom is -0.480 e. The lowest BCUT2D eigenvalue weighted by Crippen LogP contribution is -2.51. The summed E-state index contributed by atoms with van der Waals surface area (Å²) in [6.07, 6.45) is -1.22. The minimum atomic E-state index is -1.39. The van der Waals surface area contributed by atoms with Gasteiger partial charge in [-0.05, 0) is 6.92 Å². The number of aliphatic hydroxyl groups is 1. The molecule has 0 aromatic heterocycles. The molecule has 0 rings (SSSR count). The van der Waals surface area contributed by atoms with Gasteiger partial charge >= 0.3 is 12.0 Å². The summed E-state index contributed by atoms with van der Waals surface area (Å²) in [6, 6.07) is -2.15. The molecule has 18 heavy (non-hydrogen) atoms. The van der Waals surface area contributed by atoms with E-state index in [1.807, 2.05) is 0 Å². The highest BCUT2D eigenvalue weighted by molar-refractivity contribution is 5.82. The Morgan fingerprint density at radius 1 is 1.39 bits per heavy atom. The lowest BCUT2D eigenvalue weighted by atomic mass is 10.2. The highest BCUT2D eigenvalue weighted by atomic mass is 16.5. The van der Waals surface area contributed by atoms with Crippen LogP contribution in [0, 0.1) is 0 Å². The third-order valence-electron chi connectivity index (χ3n) is 1.81. The molecule has 0 bridgehead atoms. The van der Waals surface area contributed by atoms with E-state index in [1.165, 1.54) is 6.92 Å². The molecular weight excluding hydrogens is 246 g/mol. The molecule has 0 aliphatic heterocycles. The molecule has 0 saturated heterocycles. The summed E-state index contributed by atoms with van der Waals surface area (Å²) >= 11 is 0. The van der Waals surface area contributed by atoms with Crippen molar-refractivity contribution in [2.24, 2.45) is 5.73 Å². The Labute approximate surface area is 103 Å². The van der Waals surface area contributed by atoms with Gasteiger partial charge in [0.1, 0.15) is 6.61 Å². The molecule has 9 nitrogen and oxygen atoms in total. The molecule has 2 atom stereocenters. The highest BCUT2D eigenvalue weighted by Crippen LogP contribution is 1.92. The summed E-state index contributed by atoms with van der Waals surface area (Å²) in [5.41, 5.74) is 4.81. The first-order valence-corrected chi connectivity index (χ1v) is 5.16. The molecule has 9 heteroatoms. The van der Waals surface area contributed by atoms with Gasteiger partial charge in [-0.3, -0.25) is 4.79 Å². The number of hydrogen-bond donors (Lipinski definition) is 5. The zero-order chi connectivity index (χ0) is 14.1. The Hall–Kier alpha value is -1.87. The Kier molecular flexibility index (Phi) is 7.40. The van der Waals surface area contributed by atoms with E-state index in [9.17, 15) is 14.4 Å². The van der Waals surface area contributed by atoms with Crippen molar-refractivity contribution in [1.29, 1.82) is 0 Å². The molecule has 0 saturated carbocycles. The van der Waals surface area contributed by atoms with Crippen LogP contribution in [-0.4, -0.2) is 60.0 Å². The van der Waals surface area contributed by atoms with Crippen molar-refractivity contribution in [3.63, 3.8) is 0 Å². The molecule has 0 aliphatic carbocycles. The number of aliphatic hydroxyl groups excluding tert-OH is 1. The number of carbonyl (C=O) groups is 3. The summed E-state index contributed by atoms with van der Waals surface area (Å²) in [6.45, 7) is 1.12. The molecule has 0 heterocycles. The van der Waals surface area contributed by atoms with Crippen molar-refractivity contribution in [1.82, 2.24) is 10.6 Å². The predicted octanol–water partition coefficient (Wildman–Crippen LogP) is -2.38. The van der Waals surface area contributed by atoms with E-state index in [1.54, 1.807) is 0 Å². The van der Waals surface area contributed by atoms with Gasteiger partial charge in [-0.15, -0.1) is 0 Å². The second kappa shape index (κ2) is 8.25. The number of hydrogen-bond acceptors (Lipinski definition) is 5. The van der Waals surface area contributed by atoms with Gasteiger partial charge in [0.05, 0.1) is 12.7 Å². The van der Waals surface area contributed by atoms with Crippen molar-refractivity contribution in [2.75, 3.05) is 19.8 Å². The molecule has 0 aromatic carbocycles. The third kappa shape index (κ3) is 7.41. The number of amides is 3. The van der Waals surface area contributed by atoms with E-state index in [4.69, 9.17) is 20.7 Å². The molecular formula is C9H17N3O6. The maximum Gasteiger partial charge on any atom is 0.328 e. The number of primary amides is 1. The van der Waals surface area contributed by atoms with Crippen LogP contribution in [0.5, 0.6) is 0 Å². The average molecular weight is 263 g/mol. The smallest absolute Gasteiger partial charge is 0.328 e. The zero-order valence-corrected chi connectivity index (χ0v) is 9.88. The Balaban J connectivity index is 3.82. The van der Waals surface area contributed by atoms with Crippen LogP contribution in [-0.2, 0) is 14.3 Å². The standard InChI is InChI=1S/C9H17N3O6/c1-5(13)7(8(15)16)12-9(17)11-2-3-18-4-6(10)14/h5,7,13H,2-4H2,1H3,(H2,10,14)(H,15,16)(H2,11,12,17)/t5-,7+/m1/s1. The van der Waals surface area contributed by atoms with Crippen molar-refractivity contribution in [2.45, 2.75) is 19.1 Å². The second-order valence-corrected chi connectivity index (χ2v) is 3.48. The number of nitrogens with two attached hydrogens (primary N) is 1. The number of ether oxygens (including phenoxy) is 1. The summed E-state index contributed by atoms with van der Waals surface area (Å²) in [7, 11) is 0. The Morgan fingerprint density at radius 3 is 2.44 bits per heavy atom. The fourth-order valence-electron chi connectivity index (χ4n) is 0.990.